The number of methoxy groups -OCH3 is 2. The number of hydrogen-bond acceptors (Lipinski definition) is 16. The first-order valence-electron chi connectivity index (χ1n) is 22.8. The zero-order chi connectivity index (χ0) is 55.0. The van der Waals surface area contributed by atoms with Gasteiger partial charge in [-0.2, -0.15) is 26.3 Å². The molecule has 76 heavy (non-hydrogen) atoms. The van der Waals surface area contributed by atoms with Crippen molar-refractivity contribution in [3.05, 3.63) is 96.6 Å². The molecule has 5 fully saturated rings. The molecular weight excluding hydrogens is 1150 g/mol. The van der Waals surface area contributed by atoms with Gasteiger partial charge in [0, 0.05) is 36.8 Å². The van der Waals surface area contributed by atoms with Gasteiger partial charge in [-0.05, 0) is 84.9 Å². The lowest BCUT2D eigenvalue weighted by molar-refractivity contribution is -0.173. The van der Waals surface area contributed by atoms with Crippen LogP contribution in [0.5, 0.6) is 11.5 Å². The minimum atomic E-state index is -5.01. The van der Waals surface area contributed by atoms with Crippen LogP contribution in [0, 0.1) is 11.6 Å². The van der Waals surface area contributed by atoms with Gasteiger partial charge >= 0.3 is 30.4 Å². The van der Waals surface area contributed by atoms with Gasteiger partial charge in [0.1, 0.15) is 35.3 Å². The molecule has 5 aliphatic rings. The molecule has 0 radical (unpaired) electrons. The third-order valence-corrected chi connectivity index (χ3v) is 43.3. The van der Waals surface area contributed by atoms with Crippen molar-refractivity contribution in [3.63, 3.8) is 0 Å². The quantitative estimate of drug-likeness (QED) is 0.0791. The Morgan fingerprint density at radius 2 is 1.01 bits per heavy atom. The number of alkyl halides is 6. The van der Waals surface area contributed by atoms with E-state index in [2.05, 4.69) is 36.5 Å². The molecule has 0 spiro atoms. The number of carbonyl (C=O) groups excluding carboxylic acids is 3. The molecule has 4 aromatic rings. The van der Waals surface area contributed by atoms with Crippen molar-refractivity contribution in [2.45, 2.75) is 24.6 Å². The zero-order valence-electron chi connectivity index (χ0n) is 40.1. The molecule has 0 unspecified atom stereocenters. The highest BCUT2D eigenvalue weighted by molar-refractivity contribution is 9.48. The summed E-state index contributed by atoms with van der Waals surface area (Å²) in [5.41, 5.74) is 1.28. The van der Waals surface area contributed by atoms with Crippen molar-refractivity contribution in [2.24, 2.45) is 0 Å². The van der Waals surface area contributed by atoms with Crippen LogP contribution >= 0.6 is 43.1 Å². The normalized spacial score (nSPS) is 22.4. The number of ether oxygens (including phenoxy) is 6. The largest absolute Gasteiger partial charge is 0.497 e. The van der Waals surface area contributed by atoms with E-state index in [0.717, 1.165) is 16.4 Å². The van der Waals surface area contributed by atoms with Crippen LogP contribution in [0.3, 0.4) is 0 Å². The Morgan fingerprint density at radius 3 is 1.36 bits per heavy atom. The van der Waals surface area contributed by atoms with Crippen molar-refractivity contribution in [1.29, 1.82) is 0 Å². The predicted molar refractivity (Wildman–Crippen MR) is 289 cm³/mol. The van der Waals surface area contributed by atoms with Crippen LogP contribution in [-0.4, -0.2) is 141 Å². The Bertz CT molecular complexity index is 2640. The monoisotopic (exact) mass is 1200 g/mol. The molecular formula is C46H48F8N6O9P2S5. The predicted octanol–water partition coefficient (Wildman–Crippen LogP) is 8.89. The van der Waals surface area contributed by atoms with Crippen molar-refractivity contribution in [1.82, 2.24) is 10.6 Å². The van der Waals surface area contributed by atoms with Crippen LogP contribution in [-0.2, 0) is 47.4 Å². The maximum Gasteiger partial charge on any atom is 0.471 e. The van der Waals surface area contributed by atoms with Gasteiger partial charge in [0.2, 0.25) is 0 Å². The number of hydrogen-bond donors (Lipinski definition) is 2. The first kappa shape index (κ1) is 59.0. The molecule has 30 heteroatoms. The molecule has 5 heterocycles. The summed E-state index contributed by atoms with van der Waals surface area (Å²) in [7, 11) is 3.34. The first-order valence-corrected chi connectivity index (χ1v) is 32.9. The van der Waals surface area contributed by atoms with Crippen LogP contribution in [0.15, 0.2) is 84.9 Å². The fourth-order valence-corrected chi connectivity index (χ4v) is 50.1. The number of rotatable bonds is 12. The average molecular weight is 1200 g/mol. The molecule has 15 nitrogen and oxygen atoms in total. The smallest absolute Gasteiger partial charge is 0.471 e. The van der Waals surface area contributed by atoms with Gasteiger partial charge in [0.15, 0.2) is 4.99 Å². The number of nitrogens with zero attached hydrogens (tertiary/aromatic N) is 4. The average Bonchev–Trinajstić information content (AvgIpc) is 3.98. The van der Waals surface area contributed by atoms with Crippen molar-refractivity contribution in [2.75, 3.05) is 113 Å². The Morgan fingerprint density at radius 1 is 0.632 bits per heavy atom. The highest BCUT2D eigenvalue weighted by Crippen LogP contribution is 3.04. The lowest BCUT2D eigenvalue weighted by Crippen LogP contribution is -2.41. The third kappa shape index (κ3) is 14.9. The second kappa shape index (κ2) is 25.4. The highest BCUT2D eigenvalue weighted by atomic mass is 33.7. The van der Waals surface area contributed by atoms with Crippen LogP contribution in [0.1, 0.15) is 0 Å². The van der Waals surface area contributed by atoms with E-state index in [1.807, 2.05) is 61.4 Å². The molecule has 2 atom stereocenters. The summed E-state index contributed by atoms with van der Waals surface area (Å²) in [6, 6.07) is 24.8. The summed E-state index contributed by atoms with van der Waals surface area (Å²) in [6.45, 7) is 3.33. The maximum absolute atomic E-state index is 14.5. The molecule has 2 N–H and O–H groups in total. The standard InChI is InChI=1S/C16H17F4N3O4.C16H17F4N3O3S.C14H14O2P2S4/c17-12-7-10(1-2-13(12)22-3-5-26-6-4-22)23-9-11(27-15(23)25)8-21-14(24)16(18,19)20;17-12-7-10(1-2-13(12)22-3-5-25-6-4-22)23-9-11(26-15(23)24)8-21-14(27)16(18,19)20;1-15-11-3-7-13(8-4-11)17(19)21-18(20,22-17)14-9-5-12(16-2)6-10-14/h1-2,7,11H,3-6,8-9H2,(H,21,24);1-2,7,11H,3-6,8-9H2,(H,21,27);3-10H,1-2H3/t2*11-;/m00./s1. The lowest BCUT2D eigenvalue weighted by Gasteiger charge is -2.40. The molecule has 5 saturated heterocycles. The van der Waals surface area contributed by atoms with Gasteiger partial charge in [-0.1, -0.05) is 57.8 Å². The van der Waals surface area contributed by atoms with Gasteiger partial charge in [-0.25, -0.2) is 18.4 Å². The van der Waals surface area contributed by atoms with Crippen LogP contribution < -0.4 is 50.3 Å². The lowest BCUT2D eigenvalue weighted by atomic mass is 10.2. The molecule has 412 valence electrons. The van der Waals surface area contributed by atoms with Crippen LogP contribution in [0.4, 0.5) is 67.5 Å². The Balaban J connectivity index is 0.000000167. The van der Waals surface area contributed by atoms with Gasteiger partial charge in [-0.3, -0.25) is 14.6 Å². The van der Waals surface area contributed by atoms with Gasteiger partial charge in [-0.15, -0.1) is 0 Å². The van der Waals surface area contributed by atoms with E-state index in [0.29, 0.717) is 64.0 Å². The maximum atomic E-state index is 14.5. The molecule has 3 amide bonds. The van der Waals surface area contributed by atoms with E-state index < -0.39 is 74.7 Å². The number of nitrogens with one attached hydrogen (secondary N) is 2. The minimum Gasteiger partial charge on any atom is -0.497 e. The molecule has 0 aromatic heterocycles. The van der Waals surface area contributed by atoms with Crippen molar-refractivity contribution >= 4 is 123 Å². The number of thiocarbonyl (C=S) groups is 1. The fraction of sp³-hybridized carbons (Fsp3) is 0.391. The molecule has 0 saturated carbocycles. The van der Waals surface area contributed by atoms with E-state index in [1.54, 1.807) is 31.7 Å². The molecule has 0 bridgehead atoms. The summed E-state index contributed by atoms with van der Waals surface area (Å²) in [5.74, 6) is -1.43. The number of amides is 3. The molecule has 4 aromatic carbocycles. The molecule has 5 aliphatic heterocycles. The number of halogens is 8. The summed E-state index contributed by atoms with van der Waals surface area (Å²) in [6.07, 6.45) is -13.0. The first-order chi connectivity index (χ1) is 36.0. The van der Waals surface area contributed by atoms with Crippen LogP contribution in [0.2, 0.25) is 0 Å². The van der Waals surface area contributed by atoms with E-state index in [4.69, 9.17) is 52.0 Å². The number of carbonyl (C=O) groups is 3. The summed E-state index contributed by atoms with van der Waals surface area (Å²) in [5, 5.41) is 6.12. The van der Waals surface area contributed by atoms with Crippen molar-refractivity contribution in [3.8, 4) is 11.5 Å². The van der Waals surface area contributed by atoms with E-state index in [-0.39, 0.29) is 31.0 Å². The Hall–Kier alpha value is -4.66. The van der Waals surface area contributed by atoms with E-state index >= 15 is 0 Å². The fourth-order valence-electron chi connectivity index (χ4n) is 7.75. The van der Waals surface area contributed by atoms with Gasteiger partial charge < -0.3 is 48.9 Å². The van der Waals surface area contributed by atoms with E-state index in [1.165, 1.54) is 39.8 Å². The number of cyclic esters (lactones) is 2. The topological polar surface area (TPSA) is 144 Å². The minimum absolute atomic E-state index is 0.0113. The Labute approximate surface area is 454 Å². The number of benzene rings is 4. The SMILES string of the molecule is COc1ccc(P2(=S)SP(=S)(c3ccc(OC)cc3)S2)cc1.O=C1O[C@@H](CNC(=O)C(F)(F)F)CN1c1ccc(N2CCOCC2)c(F)c1.O=C1O[C@@H](CNC(=S)C(F)(F)F)CN1c1ccc(N2CCOCC2)c(F)c1. The second-order valence-electron chi connectivity index (χ2n) is 16.7. The number of morpholine rings is 2. The zero-order valence-corrected chi connectivity index (χ0v) is 46.0. The van der Waals surface area contributed by atoms with Crippen LogP contribution in [0.25, 0.3) is 0 Å². The summed E-state index contributed by atoms with van der Waals surface area (Å²) < 4.78 is 130. The molecule has 0 aliphatic carbocycles. The van der Waals surface area contributed by atoms with Gasteiger partial charge in [0.25, 0.3) is 0 Å². The Kier molecular flexibility index (Phi) is 19.7. The second-order valence-corrected chi connectivity index (χ2v) is 38.4. The molecule has 9 rings (SSSR count). The van der Waals surface area contributed by atoms with E-state index in [9.17, 15) is 49.5 Å². The highest BCUT2D eigenvalue weighted by Gasteiger charge is 2.46. The van der Waals surface area contributed by atoms with Gasteiger partial charge in [0.05, 0.1) is 98.5 Å². The summed E-state index contributed by atoms with van der Waals surface area (Å²) in [4.78, 5) is 39.4. The van der Waals surface area contributed by atoms with Crippen molar-refractivity contribution < 1.29 is 77.9 Å². The summed E-state index contributed by atoms with van der Waals surface area (Å²) >= 11 is 19.7. The third-order valence-electron chi connectivity index (χ3n) is 11.6. The number of anilines is 4.